The first kappa shape index (κ1) is 14.3. The average molecular weight is 320 g/mol. The second-order valence-electron chi connectivity index (χ2n) is 5.86. The lowest BCUT2D eigenvalue weighted by molar-refractivity contribution is 0.0940. The zero-order chi connectivity index (χ0) is 16.7. The molecule has 2 heterocycles. The van der Waals surface area contributed by atoms with Crippen molar-refractivity contribution >= 4 is 27.8 Å². The standard InChI is InChI=1S/C18H16N4O2/c1-10(12-3-2-11-6-7-19-15(11)8-12)20-17(23)13-4-5-14-16(9-13)22-18(24)21-14/h2-10,19H,1H3,(H,20,23)(H2,21,22,24)/t10-/m1/s1. The molecule has 0 saturated heterocycles. The molecule has 0 radical (unpaired) electrons. The summed E-state index contributed by atoms with van der Waals surface area (Å²) < 4.78 is 0. The van der Waals surface area contributed by atoms with Crippen molar-refractivity contribution in [1.82, 2.24) is 20.3 Å². The van der Waals surface area contributed by atoms with Crippen LogP contribution in [0.1, 0.15) is 28.9 Å². The van der Waals surface area contributed by atoms with E-state index in [0.29, 0.717) is 16.6 Å². The van der Waals surface area contributed by atoms with Crippen LogP contribution >= 0.6 is 0 Å². The highest BCUT2D eigenvalue weighted by molar-refractivity contribution is 5.97. The zero-order valence-electron chi connectivity index (χ0n) is 13.0. The Balaban J connectivity index is 1.58. The third-order valence-corrected chi connectivity index (χ3v) is 4.20. The van der Waals surface area contributed by atoms with Crippen LogP contribution in [0.2, 0.25) is 0 Å². The SMILES string of the molecule is C[C@@H](NC(=O)c1ccc2[nH]c(=O)[nH]c2c1)c1ccc2cc[nH]c2c1. The van der Waals surface area contributed by atoms with E-state index in [4.69, 9.17) is 0 Å². The van der Waals surface area contributed by atoms with Crippen LogP contribution in [0.25, 0.3) is 21.9 Å². The van der Waals surface area contributed by atoms with Crippen molar-refractivity contribution in [2.24, 2.45) is 0 Å². The van der Waals surface area contributed by atoms with E-state index in [-0.39, 0.29) is 17.6 Å². The van der Waals surface area contributed by atoms with Crippen molar-refractivity contribution < 1.29 is 4.79 Å². The van der Waals surface area contributed by atoms with Crippen LogP contribution < -0.4 is 11.0 Å². The molecule has 6 nitrogen and oxygen atoms in total. The van der Waals surface area contributed by atoms with Crippen LogP contribution in [0, 0.1) is 0 Å². The van der Waals surface area contributed by atoms with Crippen LogP contribution in [-0.2, 0) is 0 Å². The number of carbonyl (C=O) groups excluding carboxylic acids is 1. The van der Waals surface area contributed by atoms with E-state index >= 15 is 0 Å². The molecule has 2 aromatic heterocycles. The largest absolute Gasteiger partial charge is 0.361 e. The van der Waals surface area contributed by atoms with Gasteiger partial charge in [-0.25, -0.2) is 4.79 Å². The van der Waals surface area contributed by atoms with Crippen molar-refractivity contribution in [2.75, 3.05) is 0 Å². The summed E-state index contributed by atoms with van der Waals surface area (Å²) in [7, 11) is 0. The molecular weight excluding hydrogens is 304 g/mol. The van der Waals surface area contributed by atoms with Gasteiger partial charge in [0.15, 0.2) is 0 Å². The molecule has 0 aliphatic rings. The molecule has 0 bridgehead atoms. The molecule has 0 unspecified atom stereocenters. The Morgan fingerprint density at radius 2 is 1.83 bits per heavy atom. The van der Waals surface area contributed by atoms with Crippen molar-refractivity contribution in [1.29, 1.82) is 0 Å². The summed E-state index contributed by atoms with van der Waals surface area (Å²) in [6.07, 6.45) is 1.89. The number of imidazole rings is 1. The number of rotatable bonds is 3. The minimum absolute atomic E-state index is 0.133. The maximum absolute atomic E-state index is 12.5. The second kappa shape index (κ2) is 5.42. The lowest BCUT2D eigenvalue weighted by Gasteiger charge is -2.14. The Morgan fingerprint density at radius 1 is 1.00 bits per heavy atom. The molecule has 4 aromatic rings. The van der Waals surface area contributed by atoms with E-state index in [1.54, 1.807) is 18.2 Å². The highest BCUT2D eigenvalue weighted by Gasteiger charge is 2.13. The van der Waals surface area contributed by atoms with Gasteiger partial charge in [-0.3, -0.25) is 4.79 Å². The van der Waals surface area contributed by atoms with Crippen LogP contribution in [0.3, 0.4) is 0 Å². The van der Waals surface area contributed by atoms with Crippen molar-refractivity contribution in [3.05, 3.63) is 70.3 Å². The van der Waals surface area contributed by atoms with Gasteiger partial charge in [-0.15, -0.1) is 0 Å². The van der Waals surface area contributed by atoms with E-state index in [0.717, 1.165) is 16.5 Å². The van der Waals surface area contributed by atoms with Gasteiger partial charge in [0.1, 0.15) is 0 Å². The molecular formula is C18H16N4O2. The Hall–Kier alpha value is -3.28. The van der Waals surface area contributed by atoms with E-state index in [2.05, 4.69) is 20.3 Å². The molecule has 0 aliphatic heterocycles. The van der Waals surface area contributed by atoms with Gasteiger partial charge in [0.2, 0.25) is 0 Å². The quantitative estimate of drug-likeness (QED) is 0.467. The number of amides is 1. The van der Waals surface area contributed by atoms with Gasteiger partial charge in [0, 0.05) is 17.3 Å². The Labute approximate surface area is 136 Å². The lowest BCUT2D eigenvalue weighted by Crippen LogP contribution is -2.26. The summed E-state index contributed by atoms with van der Waals surface area (Å²) >= 11 is 0. The third kappa shape index (κ3) is 2.48. The number of carbonyl (C=O) groups is 1. The molecule has 0 spiro atoms. The van der Waals surface area contributed by atoms with Crippen molar-refractivity contribution in [3.63, 3.8) is 0 Å². The number of aromatic nitrogens is 3. The van der Waals surface area contributed by atoms with Crippen molar-refractivity contribution in [2.45, 2.75) is 13.0 Å². The molecule has 0 aliphatic carbocycles. The third-order valence-electron chi connectivity index (χ3n) is 4.20. The van der Waals surface area contributed by atoms with Crippen LogP contribution in [0.5, 0.6) is 0 Å². The van der Waals surface area contributed by atoms with E-state index < -0.39 is 0 Å². The summed E-state index contributed by atoms with van der Waals surface area (Å²) in [6, 6.07) is 13.0. The highest BCUT2D eigenvalue weighted by Crippen LogP contribution is 2.20. The summed E-state index contributed by atoms with van der Waals surface area (Å²) in [5, 5.41) is 4.12. The van der Waals surface area contributed by atoms with Crippen LogP contribution in [0.15, 0.2) is 53.5 Å². The van der Waals surface area contributed by atoms with E-state index in [1.165, 1.54) is 0 Å². The molecule has 6 heteroatoms. The minimum Gasteiger partial charge on any atom is -0.361 e. The number of benzene rings is 2. The topological polar surface area (TPSA) is 93.5 Å². The predicted molar refractivity (Wildman–Crippen MR) is 93.1 cm³/mol. The molecule has 0 saturated carbocycles. The normalized spacial score (nSPS) is 12.5. The number of H-pyrrole nitrogens is 3. The first-order chi connectivity index (χ1) is 11.6. The van der Waals surface area contributed by atoms with Gasteiger partial charge in [0.25, 0.3) is 5.91 Å². The maximum atomic E-state index is 12.5. The molecule has 0 fully saturated rings. The molecule has 120 valence electrons. The van der Waals surface area contributed by atoms with Gasteiger partial charge in [-0.05, 0) is 48.2 Å². The van der Waals surface area contributed by atoms with Crippen LogP contribution in [0.4, 0.5) is 0 Å². The smallest absolute Gasteiger partial charge is 0.323 e. The second-order valence-corrected chi connectivity index (χ2v) is 5.86. The first-order valence-corrected chi connectivity index (χ1v) is 7.70. The molecule has 4 N–H and O–H groups in total. The fourth-order valence-electron chi connectivity index (χ4n) is 2.87. The van der Waals surface area contributed by atoms with Gasteiger partial charge in [-0.1, -0.05) is 12.1 Å². The molecule has 1 amide bonds. The number of hydrogen-bond acceptors (Lipinski definition) is 2. The summed E-state index contributed by atoms with van der Waals surface area (Å²) in [5.74, 6) is -0.182. The lowest BCUT2D eigenvalue weighted by atomic mass is 10.1. The first-order valence-electron chi connectivity index (χ1n) is 7.70. The Bertz CT molecular complexity index is 1100. The maximum Gasteiger partial charge on any atom is 0.323 e. The number of aromatic amines is 3. The average Bonchev–Trinajstić information content (AvgIpc) is 3.17. The van der Waals surface area contributed by atoms with Gasteiger partial charge >= 0.3 is 5.69 Å². The number of nitrogens with one attached hydrogen (secondary N) is 4. The van der Waals surface area contributed by atoms with Gasteiger partial charge in [-0.2, -0.15) is 0 Å². The Kier molecular flexibility index (Phi) is 3.23. The fourth-order valence-corrected chi connectivity index (χ4v) is 2.87. The molecule has 24 heavy (non-hydrogen) atoms. The predicted octanol–water partition coefficient (Wildman–Crippen LogP) is 2.83. The molecule has 4 rings (SSSR count). The summed E-state index contributed by atoms with van der Waals surface area (Å²) in [5.41, 5.74) is 3.59. The molecule has 2 aromatic carbocycles. The van der Waals surface area contributed by atoms with Crippen LogP contribution in [-0.4, -0.2) is 20.9 Å². The van der Waals surface area contributed by atoms with Crippen molar-refractivity contribution in [3.8, 4) is 0 Å². The van der Waals surface area contributed by atoms with Gasteiger partial charge < -0.3 is 20.3 Å². The minimum atomic E-state index is -0.282. The molecule has 1 atom stereocenters. The summed E-state index contributed by atoms with van der Waals surface area (Å²) in [4.78, 5) is 32.3. The van der Waals surface area contributed by atoms with Gasteiger partial charge in [0.05, 0.1) is 17.1 Å². The fraction of sp³-hybridized carbons (Fsp3) is 0.111. The zero-order valence-corrected chi connectivity index (χ0v) is 13.0. The van der Waals surface area contributed by atoms with E-state index in [1.807, 2.05) is 37.4 Å². The van der Waals surface area contributed by atoms with E-state index in [9.17, 15) is 9.59 Å². The number of hydrogen-bond donors (Lipinski definition) is 4. The number of fused-ring (bicyclic) bond motifs is 2. The summed E-state index contributed by atoms with van der Waals surface area (Å²) in [6.45, 7) is 1.94. The monoisotopic (exact) mass is 320 g/mol. The highest BCUT2D eigenvalue weighted by atomic mass is 16.2. The Morgan fingerprint density at radius 3 is 2.71 bits per heavy atom.